The Morgan fingerprint density at radius 3 is 2.75 bits per heavy atom. The van der Waals surface area contributed by atoms with Crippen LogP contribution in [0.3, 0.4) is 0 Å². The van der Waals surface area contributed by atoms with Crippen LogP contribution in [0.25, 0.3) is 0 Å². The van der Waals surface area contributed by atoms with E-state index in [2.05, 4.69) is 5.32 Å². The lowest BCUT2D eigenvalue weighted by Crippen LogP contribution is -2.43. The first-order chi connectivity index (χ1) is 9.04. The van der Waals surface area contributed by atoms with Gasteiger partial charge in [0.25, 0.3) is 0 Å². The summed E-state index contributed by atoms with van der Waals surface area (Å²) in [5.41, 5.74) is 5.91. The molecule has 20 heavy (non-hydrogen) atoms. The molecule has 2 rings (SSSR count). The molecule has 1 aliphatic heterocycles. The number of likely N-dealkylation sites (tertiary alicyclic amines) is 1. The quantitative estimate of drug-likeness (QED) is 0.897. The van der Waals surface area contributed by atoms with Gasteiger partial charge in [-0.2, -0.15) is 0 Å². The van der Waals surface area contributed by atoms with Gasteiger partial charge in [0.15, 0.2) is 0 Å². The van der Waals surface area contributed by atoms with Gasteiger partial charge in [-0.25, -0.2) is 4.39 Å². The highest BCUT2D eigenvalue weighted by molar-refractivity contribution is 6.30. The van der Waals surface area contributed by atoms with E-state index in [1.807, 2.05) is 4.90 Å². The van der Waals surface area contributed by atoms with Gasteiger partial charge in [0.1, 0.15) is 5.82 Å². The SMILES string of the molecule is Cl.NC1CCN(CC(=O)Nc2cc(Cl)ccc2F)CC1. The van der Waals surface area contributed by atoms with Crippen LogP contribution in [-0.4, -0.2) is 36.5 Å². The van der Waals surface area contributed by atoms with E-state index < -0.39 is 5.82 Å². The number of nitrogens with zero attached hydrogens (tertiary/aromatic N) is 1. The molecule has 1 aromatic carbocycles. The molecule has 0 saturated carbocycles. The van der Waals surface area contributed by atoms with E-state index >= 15 is 0 Å². The molecule has 0 unspecified atom stereocenters. The molecule has 1 aromatic rings. The van der Waals surface area contributed by atoms with E-state index in [-0.39, 0.29) is 36.6 Å². The van der Waals surface area contributed by atoms with Gasteiger partial charge < -0.3 is 11.1 Å². The molecule has 7 heteroatoms. The van der Waals surface area contributed by atoms with Crippen molar-refractivity contribution in [1.82, 2.24) is 4.90 Å². The van der Waals surface area contributed by atoms with Crippen molar-refractivity contribution in [3.63, 3.8) is 0 Å². The van der Waals surface area contributed by atoms with Crippen LogP contribution >= 0.6 is 24.0 Å². The van der Waals surface area contributed by atoms with Gasteiger partial charge in [0.05, 0.1) is 12.2 Å². The highest BCUT2D eigenvalue weighted by atomic mass is 35.5. The fraction of sp³-hybridized carbons (Fsp3) is 0.462. The van der Waals surface area contributed by atoms with Gasteiger partial charge in [-0.15, -0.1) is 12.4 Å². The molecular weight excluding hydrogens is 304 g/mol. The number of amides is 1. The van der Waals surface area contributed by atoms with Gasteiger partial charge in [-0.1, -0.05) is 11.6 Å². The lowest BCUT2D eigenvalue weighted by Gasteiger charge is -2.29. The van der Waals surface area contributed by atoms with E-state index in [1.54, 1.807) is 0 Å². The zero-order valence-electron chi connectivity index (χ0n) is 10.9. The molecule has 1 heterocycles. The zero-order valence-corrected chi connectivity index (χ0v) is 12.5. The molecule has 3 N–H and O–H groups in total. The van der Waals surface area contributed by atoms with E-state index in [4.69, 9.17) is 17.3 Å². The van der Waals surface area contributed by atoms with Crippen LogP contribution < -0.4 is 11.1 Å². The van der Waals surface area contributed by atoms with Crippen molar-refractivity contribution in [3.8, 4) is 0 Å². The Bertz CT molecular complexity index is 465. The smallest absolute Gasteiger partial charge is 0.238 e. The molecule has 1 amide bonds. The summed E-state index contributed by atoms with van der Waals surface area (Å²) in [5.74, 6) is -0.727. The fourth-order valence-electron chi connectivity index (χ4n) is 2.10. The number of nitrogens with two attached hydrogens (primary N) is 1. The summed E-state index contributed by atoms with van der Waals surface area (Å²) in [5, 5.41) is 2.93. The fourth-order valence-corrected chi connectivity index (χ4v) is 2.27. The Labute approximate surface area is 128 Å². The molecule has 0 aliphatic carbocycles. The van der Waals surface area contributed by atoms with Crippen LogP contribution in [-0.2, 0) is 4.79 Å². The third kappa shape index (κ3) is 4.90. The topological polar surface area (TPSA) is 58.4 Å². The second-order valence-corrected chi connectivity index (χ2v) is 5.22. The molecule has 0 radical (unpaired) electrons. The summed E-state index contributed by atoms with van der Waals surface area (Å²) < 4.78 is 13.5. The van der Waals surface area contributed by atoms with Crippen LogP contribution in [0.2, 0.25) is 5.02 Å². The highest BCUT2D eigenvalue weighted by Gasteiger charge is 2.18. The lowest BCUT2D eigenvalue weighted by molar-refractivity contribution is -0.117. The molecule has 0 spiro atoms. The minimum atomic E-state index is -0.488. The third-order valence-corrected chi connectivity index (χ3v) is 3.44. The number of carbonyl (C=O) groups excluding carboxylic acids is 1. The molecule has 0 aromatic heterocycles. The molecule has 1 fully saturated rings. The summed E-state index contributed by atoms with van der Waals surface area (Å²) in [6, 6.07) is 4.31. The number of halogens is 3. The molecule has 1 saturated heterocycles. The second-order valence-electron chi connectivity index (χ2n) is 4.79. The lowest BCUT2D eigenvalue weighted by atomic mass is 10.1. The summed E-state index contributed by atoms with van der Waals surface area (Å²) in [4.78, 5) is 13.8. The van der Waals surface area contributed by atoms with Crippen LogP contribution in [0, 0.1) is 5.82 Å². The van der Waals surface area contributed by atoms with Gasteiger partial charge >= 0.3 is 0 Å². The average Bonchev–Trinajstić information content (AvgIpc) is 2.37. The summed E-state index contributed by atoms with van der Waals surface area (Å²) >= 11 is 5.77. The number of rotatable bonds is 3. The van der Waals surface area contributed by atoms with Crippen LogP contribution in [0.4, 0.5) is 10.1 Å². The number of piperidine rings is 1. The van der Waals surface area contributed by atoms with Crippen LogP contribution in [0.5, 0.6) is 0 Å². The molecule has 0 bridgehead atoms. The summed E-state index contributed by atoms with van der Waals surface area (Å²) in [6.07, 6.45) is 1.78. The Morgan fingerprint density at radius 2 is 2.10 bits per heavy atom. The molecule has 112 valence electrons. The maximum Gasteiger partial charge on any atom is 0.238 e. The van der Waals surface area contributed by atoms with Crippen molar-refractivity contribution in [2.45, 2.75) is 18.9 Å². The zero-order chi connectivity index (χ0) is 13.8. The number of hydrogen-bond acceptors (Lipinski definition) is 3. The normalized spacial score (nSPS) is 16.6. The first kappa shape index (κ1) is 17.2. The average molecular weight is 322 g/mol. The summed E-state index contributed by atoms with van der Waals surface area (Å²) in [6.45, 7) is 1.85. The van der Waals surface area contributed by atoms with Crippen molar-refractivity contribution in [3.05, 3.63) is 29.0 Å². The number of nitrogens with one attached hydrogen (secondary N) is 1. The predicted octanol–water partition coefficient (Wildman–Crippen LogP) is 2.26. The van der Waals surface area contributed by atoms with Crippen molar-refractivity contribution in [1.29, 1.82) is 0 Å². The van der Waals surface area contributed by atoms with Crippen LogP contribution in [0.15, 0.2) is 18.2 Å². The van der Waals surface area contributed by atoms with Crippen molar-refractivity contribution in [2.24, 2.45) is 5.73 Å². The maximum atomic E-state index is 13.5. The van der Waals surface area contributed by atoms with Gasteiger partial charge in [-0.3, -0.25) is 9.69 Å². The number of carbonyl (C=O) groups is 1. The molecule has 4 nitrogen and oxygen atoms in total. The number of hydrogen-bond donors (Lipinski definition) is 2. The van der Waals surface area contributed by atoms with E-state index in [1.165, 1.54) is 18.2 Å². The largest absolute Gasteiger partial charge is 0.328 e. The van der Waals surface area contributed by atoms with E-state index in [0.29, 0.717) is 5.02 Å². The number of benzene rings is 1. The Balaban J connectivity index is 0.00000200. The minimum Gasteiger partial charge on any atom is -0.328 e. The first-order valence-corrected chi connectivity index (χ1v) is 6.65. The highest BCUT2D eigenvalue weighted by Crippen LogP contribution is 2.19. The summed E-state index contributed by atoms with van der Waals surface area (Å²) in [7, 11) is 0. The van der Waals surface area contributed by atoms with Gasteiger partial charge in [-0.05, 0) is 31.0 Å². The first-order valence-electron chi connectivity index (χ1n) is 6.27. The monoisotopic (exact) mass is 321 g/mol. The van der Waals surface area contributed by atoms with Gasteiger partial charge in [0.2, 0.25) is 5.91 Å². The Hall–Kier alpha value is -0.880. The van der Waals surface area contributed by atoms with Crippen molar-refractivity contribution >= 4 is 35.6 Å². The van der Waals surface area contributed by atoms with E-state index in [0.717, 1.165) is 25.9 Å². The third-order valence-electron chi connectivity index (χ3n) is 3.20. The predicted molar refractivity (Wildman–Crippen MR) is 80.9 cm³/mol. The molecular formula is C13H18Cl2FN3O. The molecule has 0 atom stereocenters. The van der Waals surface area contributed by atoms with E-state index in [9.17, 15) is 9.18 Å². The van der Waals surface area contributed by atoms with Gasteiger partial charge in [0, 0.05) is 24.2 Å². The van der Waals surface area contributed by atoms with Crippen LogP contribution in [0.1, 0.15) is 12.8 Å². The van der Waals surface area contributed by atoms with Crippen molar-refractivity contribution in [2.75, 3.05) is 25.0 Å². The Morgan fingerprint density at radius 1 is 1.45 bits per heavy atom. The Kier molecular flexibility index (Phi) is 6.68. The second kappa shape index (κ2) is 7.78. The van der Waals surface area contributed by atoms with Crippen molar-refractivity contribution < 1.29 is 9.18 Å². The molecule has 1 aliphatic rings. The maximum absolute atomic E-state index is 13.5. The standard InChI is InChI=1S/C13H17ClFN3O.ClH/c14-9-1-2-11(15)12(7-9)17-13(19)8-18-5-3-10(16)4-6-18;/h1-2,7,10H,3-6,8,16H2,(H,17,19);1H. The number of anilines is 1. The minimum absolute atomic E-state index is 0.